The smallest absolute Gasteiger partial charge is 0.242 e. The zero-order chi connectivity index (χ0) is 15.9. The minimum Gasteiger partial charge on any atom is -0.476 e. The van der Waals surface area contributed by atoms with E-state index in [1.165, 1.54) is 11.1 Å². The second-order valence-corrected chi connectivity index (χ2v) is 5.38. The number of nitrogens with zero attached hydrogens (tertiary/aromatic N) is 2. The fourth-order valence-corrected chi connectivity index (χ4v) is 2.01. The Morgan fingerprint density at radius 3 is 2.55 bits per heavy atom. The molecule has 0 atom stereocenters. The van der Waals surface area contributed by atoms with Crippen LogP contribution < -0.4 is 15.8 Å². The van der Waals surface area contributed by atoms with Gasteiger partial charge in [0.15, 0.2) is 5.82 Å². The molecule has 0 saturated heterocycles. The van der Waals surface area contributed by atoms with Crippen molar-refractivity contribution in [3.8, 4) is 5.88 Å². The number of benzene rings is 1. The van der Waals surface area contributed by atoms with Crippen LogP contribution in [0.5, 0.6) is 5.88 Å². The Balaban J connectivity index is 2.07. The van der Waals surface area contributed by atoms with E-state index >= 15 is 0 Å². The lowest BCUT2D eigenvalue weighted by Gasteiger charge is -2.13. The van der Waals surface area contributed by atoms with Crippen molar-refractivity contribution in [3.05, 3.63) is 41.2 Å². The molecule has 1 aromatic heterocycles. The molecule has 2 rings (SSSR count). The highest BCUT2D eigenvalue weighted by molar-refractivity contribution is 5.66. The number of ether oxygens (including phenoxy) is 1. The number of nitrogens with one attached hydrogen (secondary N) is 1. The summed E-state index contributed by atoms with van der Waals surface area (Å²) in [5.41, 5.74) is 9.00. The number of aromatic nitrogens is 2. The molecule has 22 heavy (non-hydrogen) atoms. The molecule has 0 saturated carbocycles. The van der Waals surface area contributed by atoms with Crippen LogP contribution >= 0.6 is 0 Å². The molecule has 5 heteroatoms. The summed E-state index contributed by atoms with van der Waals surface area (Å²) < 4.78 is 5.65. The van der Waals surface area contributed by atoms with Gasteiger partial charge >= 0.3 is 0 Å². The summed E-state index contributed by atoms with van der Waals surface area (Å²) in [6, 6.07) is 8.35. The van der Waals surface area contributed by atoms with Crippen LogP contribution in [0.15, 0.2) is 24.3 Å². The van der Waals surface area contributed by atoms with Crippen LogP contribution in [0.4, 0.5) is 11.5 Å². The number of nitrogen functional groups attached to an aromatic ring is 1. The Morgan fingerprint density at radius 2 is 1.86 bits per heavy atom. The van der Waals surface area contributed by atoms with Gasteiger partial charge in [-0.2, -0.15) is 4.98 Å². The third kappa shape index (κ3) is 4.35. The number of unbranched alkanes of at least 4 members (excludes halogenated alkanes) is 1. The van der Waals surface area contributed by atoms with E-state index in [1.54, 1.807) is 0 Å². The topological polar surface area (TPSA) is 73.1 Å². The van der Waals surface area contributed by atoms with Gasteiger partial charge < -0.3 is 15.8 Å². The minimum atomic E-state index is 0.465. The fourth-order valence-electron chi connectivity index (χ4n) is 2.01. The average Bonchev–Trinajstić information content (AvgIpc) is 2.50. The molecule has 0 fully saturated rings. The summed E-state index contributed by atoms with van der Waals surface area (Å²) in [7, 11) is 0. The molecule has 3 N–H and O–H groups in total. The summed E-state index contributed by atoms with van der Waals surface area (Å²) in [5.74, 6) is 1.74. The number of aryl methyl sites for hydroxylation is 2. The van der Waals surface area contributed by atoms with Crippen molar-refractivity contribution in [2.75, 3.05) is 17.7 Å². The summed E-state index contributed by atoms with van der Waals surface area (Å²) in [5, 5.41) is 3.26. The predicted octanol–water partition coefficient (Wildman–Crippen LogP) is 3.47. The first-order chi connectivity index (χ1) is 10.6. The SMILES string of the molecule is CCCCOc1nc(C)nc(NCc2ccc(C)cc2)c1N. The molecule has 0 aliphatic rings. The summed E-state index contributed by atoms with van der Waals surface area (Å²) >= 11 is 0. The summed E-state index contributed by atoms with van der Waals surface area (Å²) in [6.45, 7) is 7.31. The molecule has 0 spiro atoms. The van der Waals surface area contributed by atoms with Crippen LogP contribution in [0.3, 0.4) is 0 Å². The number of anilines is 2. The minimum absolute atomic E-state index is 0.465. The van der Waals surface area contributed by atoms with E-state index in [-0.39, 0.29) is 0 Å². The van der Waals surface area contributed by atoms with Crippen molar-refractivity contribution in [2.24, 2.45) is 0 Å². The molecule has 1 aromatic carbocycles. The van der Waals surface area contributed by atoms with Crippen LogP contribution in [0.25, 0.3) is 0 Å². The second kappa shape index (κ2) is 7.64. The van der Waals surface area contributed by atoms with Crippen molar-refractivity contribution in [2.45, 2.75) is 40.2 Å². The van der Waals surface area contributed by atoms with Crippen LogP contribution in [-0.2, 0) is 6.54 Å². The van der Waals surface area contributed by atoms with Crippen LogP contribution in [0, 0.1) is 13.8 Å². The van der Waals surface area contributed by atoms with Gasteiger partial charge in [-0.05, 0) is 25.8 Å². The second-order valence-electron chi connectivity index (χ2n) is 5.38. The molecule has 0 radical (unpaired) electrons. The van der Waals surface area contributed by atoms with Crippen molar-refractivity contribution in [1.82, 2.24) is 9.97 Å². The maximum Gasteiger partial charge on any atom is 0.242 e. The average molecular weight is 300 g/mol. The molecular weight excluding hydrogens is 276 g/mol. The molecule has 0 unspecified atom stereocenters. The van der Waals surface area contributed by atoms with E-state index < -0.39 is 0 Å². The molecule has 0 amide bonds. The van der Waals surface area contributed by atoms with Crippen molar-refractivity contribution >= 4 is 11.5 Å². The van der Waals surface area contributed by atoms with Gasteiger partial charge in [-0.25, -0.2) is 4.98 Å². The van der Waals surface area contributed by atoms with E-state index in [0.717, 1.165) is 12.8 Å². The molecule has 0 aliphatic carbocycles. The van der Waals surface area contributed by atoms with Gasteiger partial charge in [-0.15, -0.1) is 0 Å². The monoisotopic (exact) mass is 300 g/mol. The quantitative estimate of drug-likeness (QED) is 0.766. The van der Waals surface area contributed by atoms with Crippen molar-refractivity contribution in [3.63, 3.8) is 0 Å². The maximum atomic E-state index is 6.11. The maximum absolute atomic E-state index is 6.11. The fraction of sp³-hybridized carbons (Fsp3) is 0.412. The first-order valence-corrected chi connectivity index (χ1v) is 7.66. The van der Waals surface area contributed by atoms with Gasteiger partial charge in [0, 0.05) is 6.54 Å². The highest BCUT2D eigenvalue weighted by Gasteiger charge is 2.11. The molecule has 1 heterocycles. The van der Waals surface area contributed by atoms with E-state index in [4.69, 9.17) is 10.5 Å². The Hall–Kier alpha value is -2.30. The molecular formula is C17H24N4O. The molecule has 0 aliphatic heterocycles. The van der Waals surface area contributed by atoms with Crippen molar-refractivity contribution < 1.29 is 4.74 Å². The summed E-state index contributed by atoms with van der Waals surface area (Å²) in [4.78, 5) is 8.64. The van der Waals surface area contributed by atoms with E-state index in [0.29, 0.717) is 36.4 Å². The van der Waals surface area contributed by atoms with Crippen LogP contribution in [0.2, 0.25) is 0 Å². The largest absolute Gasteiger partial charge is 0.476 e. The zero-order valence-corrected chi connectivity index (χ0v) is 13.5. The zero-order valence-electron chi connectivity index (χ0n) is 13.5. The third-order valence-electron chi connectivity index (χ3n) is 3.34. The standard InChI is InChI=1S/C17H24N4O/c1-4-5-10-22-17-15(18)16(20-13(3)21-17)19-11-14-8-6-12(2)7-9-14/h6-9H,4-5,10-11,18H2,1-3H3,(H,19,20,21). The van der Waals surface area contributed by atoms with Gasteiger partial charge in [0.1, 0.15) is 11.5 Å². The number of hydrogen-bond donors (Lipinski definition) is 2. The molecule has 2 aromatic rings. The highest BCUT2D eigenvalue weighted by Crippen LogP contribution is 2.26. The molecule has 118 valence electrons. The molecule has 0 bridgehead atoms. The van der Waals surface area contributed by atoms with Gasteiger partial charge in [0.2, 0.25) is 5.88 Å². The van der Waals surface area contributed by atoms with Crippen LogP contribution in [-0.4, -0.2) is 16.6 Å². The van der Waals surface area contributed by atoms with Gasteiger partial charge in [0.05, 0.1) is 6.61 Å². The third-order valence-corrected chi connectivity index (χ3v) is 3.34. The lowest BCUT2D eigenvalue weighted by molar-refractivity contribution is 0.298. The lowest BCUT2D eigenvalue weighted by atomic mass is 10.1. The van der Waals surface area contributed by atoms with Crippen molar-refractivity contribution in [1.29, 1.82) is 0 Å². The first-order valence-electron chi connectivity index (χ1n) is 7.66. The Kier molecular flexibility index (Phi) is 5.58. The van der Waals surface area contributed by atoms with Gasteiger partial charge in [-0.3, -0.25) is 0 Å². The van der Waals surface area contributed by atoms with Gasteiger partial charge in [0.25, 0.3) is 0 Å². The lowest BCUT2D eigenvalue weighted by Crippen LogP contribution is -2.10. The van der Waals surface area contributed by atoms with Gasteiger partial charge in [-0.1, -0.05) is 43.2 Å². The Bertz CT molecular complexity index is 611. The molecule has 5 nitrogen and oxygen atoms in total. The first kappa shape index (κ1) is 16.1. The van der Waals surface area contributed by atoms with E-state index in [2.05, 4.69) is 53.4 Å². The van der Waals surface area contributed by atoms with E-state index in [9.17, 15) is 0 Å². The number of nitrogens with two attached hydrogens (primary N) is 1. The number of rotatable bonds is 7. The Labute approximate surface area is 131 Å². The van der Waals surface area contributed by atoms with E-state index in [1.807, 2.05) is 6.92 Å². The highest BCUT2D eigenvalue weighted by atomic mass is 16.5. The normalized spacial score (nSPS) is 10.5. The predicted molar refractivity (Wildman–Crippen MR) is 90.1 cm³/mol. The van der Waals surface area contributed by atoms with Crippen LogP contribution in [0.1, 0.15) is 36.7 Å². The summed E-state index contributed by atoms with van der Waals surface area (Å²) in [6.07, 6.45) is 2.05. The Morgan fingerprint density at radius 1 is 1.14 bits per heavy atom. The number of hydrogen-bond acceptors (Lipinski definition) is 5.